The molecule has 0 atom stereocenters. The van der Waals surface area contributed by atoms with Crippen LogP contribution in [0.25, 0.3) is 0 Å². The van der Waals surface area contributed by atoms with Crippen LogP contribution < -0.4 is 14.8 Å². The first-order chi connectivity index (χ1) is 12.0. The molecule has 2 aromatic rings. The van der Waals surface area contributed by atoms with Gasteiger partial charge in [0.05, 0.1) is 19.8 Å². The number of nitriles is 1. The highest BCUT2D eigenvalue weighted by Gasteiger charge is 2.24. The van der Waals surface area contributed by atoms with E-state index in [4.69, 9.17) is 9.47 Å². The van der Waals surface area contributed by atoms with E-state index >= 15 is 0 Å². The van der Waals surface area contributed by atoms with Crippen LogP contribution in [0.15, 0.2) is 18.2 Å². The van der Waals surface area contributed by atoms with E-state index in [9.17, 15) is 10.1 Å². The van der Waals surface area contributed by atoms with E-state index < -0.39 is 0 Å². The first-order valence-electron chi connectivity index (χ1n) is 7.83. The second kappa shape index (κ2) is 7.13. The predicted molar refractivity (Wildman–Crippen MR) is 96.6 cm³/mol. The summed E-state index contributed by atoms with van der Waals surface area (Å²) in [7, 11) is 5.12. The Morgan fingerprint density at radius 1 is 1.28 bits per heavy atom. The summed E-state index contributed by atoms with van der Waals surface area (Å²) in [6.07, 6.45) is 0.827. The van der Waals surface area contributed by atoms with Crippen LogP contribution >= 0.6 is 11.3 Å². The topological polar surface area (TPSA) is 74.6 Å². The average molecular weight is 357 g/mol. The molecule has 0 saturated carbocycles. The molecule has 0 unspecified atom stereocenters. The molecule has 0 aliphatic carbocycles. The molecule has 0 radical (unpaired) electrons. The zero-order valence-electron chi connectivity index (χ0n) is 14.4. The van der Waals surface area contributed by atoms with E-state index in [-0.39, 0.29) is 5.91 Å². The summed E-state index contributed by atoms with van der Waals surface area (Å²) in [5.41, 5.74) is 2.06. The zero-order valence-corrected chi connectivity index (χ0v) is 15.2. The van der Waals surface area contributed by atoms with Gasteiger partial charge in [0.15, 0.2) is 0 Å². The average Bonchev–Trinajstić information content (AvgIpc) is 2.96. The van der Waals surface area contributed by atoms with Crippen molar-refractivity contribution in [3.8, 4) is 17.6 Å². The lowest BCUT2D eigenvalue weighted by Crippen LogP contribution is -2.25. The normalized spacial score (nSPS) is 13.7. The third kappa shape index (κ3) is 3.45. The minimum absolute atomic E-state index is 0.291. The molecule has 6 nitrogen and oxygen atoms in total. The first kappa shape index (κ1) is 17.3. The highest BCUT2D eigenvalue weighted by atomic mass is 32.1. The summed E-state index contributed by atoms with van der Waals surface area (Å²) < 4.78 is 10.4. The van der Waals surface area contributed by atoms with Crippen LogP contribution in [0.4, 0.5) is 5.00 Å². The van der Waals surface area contributed by atoms with Crippen molar-refractivity contribution in [3.05, 3.63) is 39.8 Å². The maximum atomic E-state index is 12.7. The minimum Gasteiger partial charge on any atom is -0.497 e. The Hall–Kier alpha value is -2.56. The van der Waals surface area contributed by atoms with E-state index in [1.54, 1.807) is 18.2 Å². The van der Waals surface area contributed by atoms with Crippen molar-refractivity contribution in [1.29, 1.82) is 5.26 Å². The largest absolute Gasteiger partial charge is 0.497 e. The van der Waals surface area contributed by atoms with Crippen molar-refractivity contribution < 1.29 is 14.3 Å². The van der Waals surface area contributed by atoms with Crippen LogP contribution in [0.2, 0.25) is 0 Å². The molecule has 1 aromatic carbocycles. The smallest absolute Gasteiger partial charge is 0.256 e. The van der Waals surface area contributed by atoms with Crippen molar-refractivity contribution in [2.75, 3.05) is 33.1 Å². The number of fused-ring (bicyclic) bond motifs is 1. The number of rotatable bonds is 4. The lowest BCUT2D eigenvalue weighted by Gasteiger charge is -2.21. The number of carbonyl (C=O) groups is 1. The van der Waals surface area contributed by atoms with Gasteiger partial charge in [0.2, 0.25) is 0 Å². The third-order valence-corrected chi connectivity index (χ3v) is 5.33. The molecule has 0 saturated heterocycles. The summed E-state index contributed by atoms with van der Waals surface area (Å²) >= 11 is 1.47. The molecule has 0 fully saturated rings. The fourth-order valence-electron chi connectivity index (χ4n) is 2.85. The summed E-state index contributed by atoms with van der Waals surface area (Å²) in [6.45, 7) is 1.72. The van der Waals surface area contributed by atoms with Crippen LogP contribution in [-0.4, -0.2) is 38.6 Å². The minimum atomic E-state index is -0.291. The Kier molecular flexibility index (Phi) is 4.93. The number of nitrogens with one attached hydrogen (secondary N) is 1. The second-order valence-corrected chi connectivity index (χ2v) is 6.97. The van der Waals surface area contributed by atoms with E-state index in [0.717, 1.165) is 30.0 Å². The molecule has 3 rings (SSSR count). The number of nitrogens with zero attached hydrogens (tertiary/aromatic N) is 2. The molecule has 1 amide bonds. The summed E-state index contributed by atoms with van der Waals surface area (Å²) in [5.74, 6) is 0.787. The van der Waals surface area contributed by atoms with Gasteiger partial charge in [-0.2, -0.15) is 5.26 Å². The van der Waals surface area contributed by atoms with Crippen molar-refractivity contribution in [3.63, 3.8) is 0 Å². The van der Waals surface area contributed by atoms with Crippen molar-refractivity contribution in [2.24, 2.45) is 0 Å². The molecule has 1 aromatic heterocycles. The molecular weight excluding hydrogens is 338 g/mol. The molecule has 7 heteroatoms. The Morgan fingerprint density at radius 2 is 1.96 bits per heavy atom. The Bertz CT molecular complexity index is 832. The van der Waals surface area contributed by atoms with Gasteiger partial charge in [-0.25, -0.2) is 0 Å². The molecule has 0 bridgehead atoms. The number of thiophene rings is 1. The quantitative estimate of drug-likeness (QED) is 0.911. The predicted octanol–water partition coefficient (Wildman–Crippen LogP) is 2.88. The van der Waals surface area contributed by atoms with Crippen LogP contribution in [0.5, 0.6) is 11.5 Å². The van der Waals surface area contributed by atoms with Gasteiger partial charge < -0.3 is 19.7 Å². The fraction of sp³-hybridized carbons (Fsp3) is 0.333. The molecule has 1 aliphatic rings. The van der Waals surface area contributed by atoms with Crippen molar-refractivity contribution in [2.45, 2.75) is 13.0 Å². The molecule has 25 heavy (non-hydrogen) atoms. The Labute approximate surface area is 150 Å². The number of carbonyl (C=O) groups excluding carboxylic acids is 1. The van der Waals surface area contributed by atoms with Gasteiger partial charge in [-0.05, 0) is 31.2 Å². The van der Waals surface area contributed by atoms with Gasteiger partial charge in [0.25, 0.3) is 5.91 Å². The number of amides is 1. The van der Waals surface area contributed by atoms with Gasteiger partial charge in [-0.15, -0.1) is 11.3 Å². The molecule has 2 heterocycles. The molecule has 1 aliphatic heterocycles. The maximum Gasteiger partial charge on any atom is 0.256 e. The Balaban J connectivity index is 1.90. The molecule has 130 valence electrons. The summed E-state index contributed by atoms with van der Waals surface area (Å²) in [5, 5.41) is 13.0. The van der Waals surface area contributed by atoms with Crippen molar-refractivity contribution in [1.82, 2.24) is 4.90 Å². The van der Waals surface area contributed by atoms with E-state index in [0.29, 0.717) is 27.6 Å². The SMILES string of the molecule is COc1cc(OC)cc(C(=O)Nc2sc3c(c2C#N)CCN(C)C3)c1. The number of hydrogen-bond donors (Lipinski definition) is 1. The van der Waals surface area contributed by atoms with E-state index in [1.807, 2.05) is 0 Å². The van der Waals surface area contributed by atoms with Gasteiger partial charge in [-0.3, -0.25) is 4.79 Å². The second-order valence-electron chi connectivity index (χ2n) is 5.86. The summed E-state index contributed by atoms with van der Waals surface area (Å²) in [4.78, 5) is 16.0. The van der Waals surface area contributed by atoms with E-state index in [2.05, 4.69) is 23.3 Å². The zero-order chi connectivity index (χ0) is 18.0. The highest BCUT2D eigenvalue weighted by molar-refractivity contribution is 7.16. The number of anilines is 1. The highest BCUT2D eigenvalue weighted by Crippen LogP contribution is 2.36. The Morgan fingerprint density at radius 3 is 2.56 bits per heavy atom. The number of likely N-dealkylation sites (N-methyl/N-ethyl adjacent to an activating group) is 1. The summed E-state index contributed by atoms with van der Waals surface area (Å²) in [6, 6.07) is 7.24. The number of hydrogen-bond acceptors (Lipinski definition) is 6. The standard InChI is InChI=1S/C18H19N3O3S/c1-21-5-4-14-15(9-19)18(25-16(14)10-21)20-17(22)11-6-12(23-2)8-13(7-11)24-3/h6-8H,4-5,10H2,1-3H3,(H,20,22). The van der Waals surface area contributed by atoms with Crippen LogP contribution in [-0.2, 0) is 13.0 Å². The fourth-order valence-corrected chi connectivity index (χ4v) is 4.12. The van der Waals surface area contributed by atoms with Gasteiger partial charge in [0.1, 0.15) is 22.6 Å². The number of ether oxygens (including phenoxy) is 2. The number of methoxy groups -OCH3 is 2. The lowest BCUT2D eigenvalue weighted by atomic mass is 10.0. The first-order valence-corrected chi connectivity index (χ1v) is 8.65. The maximum absolute atomic E-state index is 12.7. The molecule has 1 N–H and O–H groups in total. The van der Waals surface area contributed by atoms with Crippen molar-refractivity contribution >= 4 is 22.2 Å². The molecule has 0 spiro atoms. The van der Waals surface area contributed by atoms with Crippen LogP contribution in [0, 0.1) is 11.3 Å². The van der Waals surface area contributed by atoms with Crippen LogP contribution in [0.1, 0.15) is 26.4 Å². The van der Waals surface area contributed by atoms with Gasteiger partial charge in [0, 0.05) is 29.6 Å². The lowest BCUT2D eigenvalue weighted by molar-refractivity contribution is 0.102. The number of benzene rings is 1. The van der Waals surface area contributed by atoms with Gasteiger partial charge in [-0.1, -0.05) is 0 Å². The molecular formula is C18H19N3O3S. The van der Waals surface area contributed by atoms with E-state index in [1.165, 1.54) is 25.6 Å². The monoisotopic (exact) mass is 357 g/mol. The van der Waals surface area contributed by atoms with Gasteiger partial charge >= 0.3 is 0 Å². The van der Waals surface area contributed by atoms with Crippen LogP contribution in [0.3, 0.4) is 0 Å². The third-order valence-electron chi connectivity index (χ3n) is 4.20.